The van der Waals surface area contributed by atoms with Crippen LogP contribution in [-0.4, -0.2) is 97.2 Å². The first-order chi connectivity index (χ1) is 20.8. The van der Waals surface area contributed by atoms with Crippen LogP contribution in [-0.2, 0) is 52.8 Å². The molecular weight excluding hydrogens is 592 g/mol. The summed E-state index contributed by atoms with van der Waals surface area (Å²) in [6.45, 7) is 0. The van der Waals surface area contributed by atoms with Gasteiger partial charge >= 0.3 is 17.9 Å². The lowest BCUT2D eigenvalue weighted by atomic mass is 10.1. The number of nitrogens with one attached hydrogen (secondary N) is 2. The van der Waals surface area contributed by atoms with E-state index < -0.39 is 78.1 Å². The van der Waals surface area contributed by atoms with E-state index in [-0.39, 0.29) is 57.8 Å². The van der Waals surface area contributed by atoms with Gasteiger partial charge in [-0.15, -0.1) is 5.06 Å². The number of carbonyl (C=O) groups excluding carboxylic acids is 7. The van der Waals surface area contributed by atoms with Crippen molar-refractivity contribution in [3.8, 4) is 0 Å². The van der Waals surface area contributed by atoms with Crippen LogP contribution in [0.2, 0.25) is 0 Å². The Morgan fingerprint density at radius 1 is 0.636 bits per heavy atom. The molecular formula is C26H36N4O14. The standard InChI is InChI=1S/C26H36N4O14/c31-17(27-15(25(39)40)7-13-23(37)43-29-19(33)9-10-20(29)34)5-3-1-2-4-6-18(32)28-16(26(41)42)8-14-24(38)44-30-21(35)11-12-22(30)36/h15-16,23,37H,1-14H2,(H,27,31)(H,28,32)(H,39,40)(H,41,42)/t15-,16-,23?/m0/s1. The molecule has 0 bridgehead atoms. The minimum atomic E-state index is -1.63. The smallest absolute Gasteiger partial charge is 0.333 e. The maximum Gasteiger partial charge on any atom is 0.333 e. The minimum Gasteiger partial charge on any atom is -0.480 e. The number of carboxylic acid groups (broad SMARTS) is 2. The summed E-state index contributed by atoms with van der Waals surface area (Å²) in [5.74, 6) is -7.45. The maximum absolute atomic E-state index is 12.2. The molecule has 0 aromatic heterocycles. The van der Waals surface area contributed by atoms with E-state index in [9.17, 15) is 58.5 Å². The van der Waals surface area contributed by atoms with Crippen LogP contribution in [0.5, 0.6) is 0 Å². The fraction of sp³-hybridized carbons (Fsp3) is 0.654. The molecule has 2 fully saturated rings. The van der Waals surface area contributed by atoms with Crippen molar-refractivity contribution in [2.75, 3.05) is 0 Å². The fourth-order valence-electron chi connectivity index (χ4n) is 4.20. The van der Waals surface area contributed by atoms with Crippen LogP contribution in [0.15, 0.2) is 0 Å². The van der Waals surface area contributed by atoms with E-state index in [0.717, 1.165) is 0 Å². The predicted octanol–water partition coefficient (Wildman–Crippen LogP) is -0.968. The second-order valence-corrected chi connectivity index (χ2v) is 10.1. The summed E-state index contributed by atoms with van der Waals surface area (Å²) in [5, 5.41) is 34.0. The number of rotatable bonds is 20. The molecule has 18 heteroatoms. The van der Waals surface area contributed by atoms with Gasteiger partial charge in [0, 0.05) is 44.9 Å². The first-order valence-corrected chi connectivity index (χ1v) is 14.1. The third kappa shape index (κ3) is 12.0. The van der Waals surface area contributed by atoms with E-state index in [4.69, 9.17) is 4.84 Å². The zero-order chi connectivity index (χ0) is 32.8. The number of hydrogen-bond donors (Lipinski definition) is 5. The van der Waals surface area contributed by atoms with Gasteiger partial charge in [-0.25, -0.2) is 19.2 Å². The lowest BCUT2D eigenvalue weighted by Crippen LogP contribution is -2.42. The van der Waals surface area contributed by atoms with Gasteiger partial charge in [0.25, 0.3) is 23.6 Å². The first-order valence-electron chi connectivity index (χ1n) is 14.1. The molecule has 0 aliphatic carbocycles. The van der Waals surface area contributed by atoms with Crippen LogP contribution < -0.4 is 10.6 Å². The first kappa shape index (κ1) is 35.7. The molecule has 3 atom stereocenters. The number of amides is 6. The number of aliphatic hydroxyl groups is 1. The highest BCUT2D eigenvalue weighted by Gasteiger charge is 2.34. The molecule has 1 unspecified atom stereocenters. The molecule has 2 saturated heterocycles. The third-order valence-electron chi connectivity index (χ3n) is 6.60. The van der Waals surface area contributed by atoms with Gasteiger partial charge in [0.1, 0.15) is 12.1 Å². The summed E-state index contributed by atoms with van der Waals surface area (Å²) in [5.41, 5.74) is 0. The highest BCUT2D eigenvalue weighted by Crippen LogP contribution is 2.16. The Morgan fingerprint density at radius 2 is 1.07 bits per heavy atom. The zero-order valence-corrected chi connectivity index (χ0v) is 23.9. The molecule has 44 heavy (non-hydrogen) atoms. The Bertz CT molecular complexity index is 1110. The van der Waals surface area contributed by atoms with Crippen LogP contribution >= 0.6 is 0 Å². The average molecular weight is 629 g/mol. The van der Waals surface area contributed by atoms with Crippen LogP contribution in [0, 0.1) is 0 Å². The Morgan fingerprint density at radius 3 is 1.52 bits per heavy atom. The van der Waals surface area contributed by atoms with Crippen molar-refractivity contribution < 1.29 is 68.1 Å². The number of aliphatic hydroxyl groups excluding tert-OH is 1. The average Bonchev–Trinajstić information content (AvgIpc) is 3.44. The van der Waals surface area contributed by atoms with Crippen molar-refractivity contribution in [3.63, 3.8) is 0 Å². The summed E-state index contributed by atoms with van der Waals surface area (Å²) in [7, 11) is 0. The number of hydrogen-bond acceptors (Lipinski definition) is 12. The Kier molecular flexibility index (Phi) is 14.3. The van der Waals surface area contributed by atoms with Crippen molar-refractivity contribution in [2.24, 2.45) is 0 Å². The monoisotopic (exact) mass is 628 g/mol. The summed E-state index contributed by atoms with van der Waals surface area (Å²) in [6.07, 6.45) is -1.51. The number of aliphatic carboxylic acids is 2. The summed E-state index contributed by atoms with van der Waals surface area (Å²) >= 11 is 0. The molecule has 244 valence electrons. The highest BCUT2D eigenvalue weighted by atomic mass is 16.8. The molecule has 2 aliphatic heterocycles. The van der Waals surface area contributed by atoms with Gasteiger partial charge in [-0.1, -0.05) is 12.8 Å². The second-order valence-electron chi connectivity index (χ2n) is 10.1. The SMILES string of the molecule is O=C(CCCCCCC(=O)N[C@@H](CCC(O)ON1C(=O)CCC1=O)C(=O)O)N[C@@H](CCC(=O)ON1C(=O)CCC1=O)C(=O)O. The topological polar surface area (TPSA) is 263 Å². The summed E-state index contributed by atoms with van der Waals surface area (Å²) in [6, 6.07) is -2.74. The van der Waals surface area contributed by atoms with Crippen LogP contribution in [0.3, 0.4) is 0 Å². The third-order valence-corrected chi connectivity index (χ3v) is 6.60. The Balaban J connectivity index is 1.60. The molecule has 0 saturated carbocycles. The summed E-state index contributed by atoms with van der Waals surface area (Å²) in [4.78, 5) is 115. The molecule has 0 spiro atoms. The Labute approximate surface area is 250 Å². The van der Waals surface area contributed by atoms with Gasteiger partial charge in [0.15, 0.2) is 6.29 Å². The zero-order valence-electron chi connectivity index (χ0n) is 23.9. The van der Waals surface area contributed by atoms with Gasteiger partial charge in [-0.3, -0.25) is 28.8 Å². The van der Waals surface area contributed by atoms with E-state index in [0.29, 0.717) is 35.8 Å². The quantitative estimate of drug-likeness (QED) is 0.0617. The number of carbonyl (C=O) groups is 9. The van der Waals surface area contributed by atoms with Crippen LogP contribution in [0.4, 0.5) is 0 Å². The lowest BCUT2D eigenvalue weighted by molar-refractivity contribution is -0.246. The van der Waals surface area contributed by atoms with Crippen LogP contribution in [0.25, 0.3) is 0 Å². The van der Waals surface area contributed by atoms with Gasteiger partial charge < -0.3 is 30.8 Å². The molecule has 2 aliphatic rings. The second kappa shape index (κ2) is 17.6. The van der Waals surface area contributed by atoms with Crippen LogP contribution in [0.1, 0.15) is 89.9 Å². The van der Waals surface area contributed by atoms with Crippen molar-refractivity contribution in [1.29, 1.82) is 0 Å². The van der Waals surface area contributed by atoms with E-state index in [1.54, 1.807) is 0 Å². The molecule has 0 aromatic rings. The fourth-order valence-corrected chi connectivity index (χ4v) is 4.20. The summed E-state index contributed by atoms with van der Waals surface area (Å²) < 4.78 is 0. The van der Waals surface area contributed by atoms with Crippen molar-refractivity contribution in [2.45, 2.75) is 108 Å². The molecule has 5 N–H and O–H groups in total. The Hall–Kier alpha value is -4.45. The van der Waals surface area contributed by atoms with Crippen molar-refractivity contribution >= 4 is 53.4 Å². The number of unbranched alkanes of at least 4 members (excludes halogenated alkanes) is 3. The van der Waals surface area contributed by atoms with Gasteiger partial charge in [-0.05, 0) is 25.7 Å². The minimum absolute atomic E-state index is 0.0162. The number of nitrogens with zero attached hydrogens (tertiary/aromatic N) is 2. The van der Waals surface area contributed by atoms with Crippen molar-refractivity contribution in [3.05, 3.63) is 0 Å². The van der Waals surface area contributed by atoms with Crippen molar-refractivity contribution in [1.82, 2.24) is 20.8 Å². The molecule has 0 aromatic carbocycles. The van der Waals surface area contributed by atoms with Gasteiger partial charge in [0.05, 0.1) is 6.42 Å². The molecule has 2 heterocycles. The number of hydroxylamine groups is 4. The molecule has 6 amide bonds. The van der Waals surface area contributed by atoms with E-state index in [2.05, 4.69) is 15.5 Å². The molecule has 18 nitrogen and oxygen atoms in total. The van der Waals surface area contributed by atoms with E-state index >= 15 is 0 Å². The predicted molar refractivity (Wildman–Crippen MR) is 141 cm³/mol. The van der Waals surface area contributed by atoms with E-state index in [1.165, 1.54) is 0 Å². The highest BCUT2D eigenvalue weighted by molar-refractivity contribution is 6.01. The normalized spacial score (nSPS) is 16.9. The van der Waals surface area contributed by atoms with Gasteiger partial charge in [0.2, 0.25) is 11.8 Å². The largest absolute Gasteiger partial charge is 0.480 e. The maximum atomic E-state index is 12.2. The number of imide groups is 2. The molecule has 2 rings (SSSR count). The lowest BCUT2D eigenvalue weighted by Gasteiger charge is -2.20. The molecule has 0 radical (unpaired) electrons. The van der Waals surface area contributed by atoms with Gasteiger partial charge in [-0.2, -0.15) is 5.06 Å². The number of carboxylic acids is 2. The van der Waals surface area contributed by atoms with E-state index in [1.807, 2.05) is 0 Å².